The minimum atomic E-state index is -4.08. The monoisotopic (exact) mass is 639 g/mol. The maximum absolute atomic E-state index is 14.1. The molecule has 0 unspecified atom stereocenters. The number of nitrogens with zero attached hydrogens (tertiary/aromatic N) is 2. The van der Waals surface area contributed by atoms with E-state index in [0.29, 0.717) is 5.69 Å². The molecule has 4 rings (SSSR count). The van der Waals surface area contributed by atoms with Crippen LogP contribution in [0.1, 0.15) is 55.7 Å². The number of carbonyl (C=O) groups excluding carboxylic acids is 2. The first-order valence-electron chi connectivity index (χ1n) is 14.0. The lowest BCUT2D eigenvalue weighted by Crippen LogP contribution is -2.53. The molecule has 0 heterocycles. The van der Waals surface area contributed by atoms with Crippen LogP contribution in [0.5, 0.6) is 0 Å². The van der Waals surface area contributed by atoms with E-state index in [1.807, 2.05) is 50.2 Å². The van der Waals surface area contributed by atoms with Crippen molar-refractivity contribution in [2.24, 2.45) is 0 Å². The van der Waals surface area contributed by atoms with Crippen molar-refractivity contribution >= 4 is 43.5 Å². The number of benzene rings is 3. The van der Waals surface area contributed by atoms with E-state index in [-0.39, 0.29) is 23.4 Å². The summed E-state index contributed by atoms with van der Waals surface area (Å²) in [7, 11) is -4.08. The van der Waals surface area contributed by atoms with Crippen LogP contribution in [0.25, 0.3) is 0 Å². The van der Waals surface area contributed by atoms with E-state index in [1.165, 1.54) is 11.3 Å². The maximum atomic E-state index is 14.1. The zero-order valence-corrected chi connectivity index (χ0v) is 26.2. The fourth-order valence-electron chi connectivity index (χ4n) is 5.06. The first-order chi connectivity index (χ1) is 19.5. The molecule has 1 N–H and O–H groups in total. The summed E-state index contributed by atoms with van der Waals surface area (Å²) in [6.07, 6.45) is 5.16. The maximum Gasteiger partial charge on any atom is 0.264 e. The van der Waals surface area contributed by atoms with Crippen molar-refractivity contribution in [1.82, 2.24) is 10.2 Å². The van der Waals surface area contributed by atoms with Crippen molar-refractivity contribution in [3.05, 3.63) is 94.0 Å². The molecule has 0 radical (unpaired) electrons. The van der Waals surface area contributed by atoms with Gasteiger partial charge in [-0.05, 0) is 75.6 Å². The highest BCUT2D eigenvalue weighted by Crippen LogP contribution is 2.26. The van der Waals surface area contributed by atoms with Gasteiger partial charge in [-0.15, -0.1) is 0 Å². The molecular formula is C32H38BrN3O4S. The summed E-state index contributed by atoms with van der Waals surface area (Å²) in [4.78, 5) is 29.1. The van der Waals surface area contributed by atoms with Crippen LogP contribution < -0.4 is 9.62 Å². The van der Waals surface area contributed by atoms with E-state index in [1.54, 1.807) is 43.3 Å². The van der Waals surface area contributed by atoms with E-state index in [9.17, 15) is 18.0 Å². The summed E-state index contributed by atoms with van der Waals surface area (Å²) in [5.74, 6) is -0.698. The number of rotatable bonds is 10. The highest BCUT2D eigenvalue weighted by Gasteiger charge is 2.33. The van der Waals surface area contributed by atoms with E-state index < -0.39 is 28.5 Å². The first-order valence-corrected chi connectivity index (χ1v) is 16.3. The Morgan fingerprint density at radius 2 is 1.54 bits per heavy atom. The summed E-state index contributed by atoms with van der Waals surface area (Å²) >= 11 is 3.48. The number of hydrogen-bond donors (Lipinski definition) is 1. The number of sulfonamides is 1. The van der Waals surface area contributed by atoms with Crippen LogP contribution in [0.15, 0.2) is 82.2 Å². The molecule has 41 heavy (non-hydrogen) atoms. The summed E-state index contributed by atoms with van der Waals surface area (Å²) < 4.78 is 29.8. The first kappa shape index (κ1) is 30.8. The molecule has 2 amide bonds. The minimum absolute atomic E-state index is 0.0903. The number of carbonyl (C=O) groups is 2. The summed E-state index contributed by atoms with van der Waals surface area (Å²) in [6, 6.07) is 20.4. The summed E-state index contributed by atoms with van der Waals surface area (Å²) in [5.41, 5.74) is 3.11. The van der Waals surface area contributed by atoms with E-state index in [0.717, 1.165) is 51.2 Å². The molecule has 3 aromatic rings. The van der Waals surface area contributed by atoms with Gasteiger partial charge in [0.05, 0.1) is 10.6 Å². The minimum Gasteiger partial charge on any atom is -0.352 e. The Bertz CT molecular complexity index is 1450. The Hall–Kier alpha value is -3.17. The predicted molar refractivity (Wildman–Crippen MR) is 166 cm³/mol. The largest absolute Gasteiger partial charge is 0.352 e. The average Bonchev–Trinajstić information content (AvgIpc) is 2.95. The summed E-state index contributed by atoms with van der Waals surface area (Å²) in [6.45, 7) is 5.22. The van der Waals surface area contributed by atoms with Crippen molar-refractivity contribution in [2.45, 2.75) is 76.4 Å². The van der Waals surface area contributed by atoms with E-state index in [4.69, 9.17) is 0 Å². The van der Waals surface area contributed by atoms with Crippen molar-refractivity contribution in [3.8, 4) is 0 Å². The molecule has 218 valence electrons. The van der Waals surface area contributed by atoms with Gasteiger partial charge in [-0.1, -0.05) is 82.7 Å². The van der Waals surface area contributed by atoms with Gasteiger partial charge in [0, 0.05) is 17.1 Å². The molecule has 9 heteroatoms. The fourth-order valence-corrected chi connectivity index (χ4v) is 6.92. The van der Waals surface area contributed by atoms with Crippen LogP contribution in [-0.2, 0) is 26.2 Å². The third-order valence-electron chi connectivity index (χ3n) is 7.57. The molecule has 0 aromatic heterocycles. The standard InChI is InChI=1S/C32H38BrN3O4S/c1-23-12-16-29(17-13-23)36(41(39,40)30-18-14-24(2)15-19-30)22-31(37)35(21-26-8-7-9-27(33)20-26)25(3)32(38)34-28-10-5-4-6-11-28/h7-9,12-20,25,28H,4-6,10-11,21-22H2,1-3H3,(H,34,38)/t25-/m0/s1. The van der Waals surface area contributed by atoms with Crippen LogP contribution in [0.3, 0.4) is 0 Å². The lowest BCUT2D eigenvalue weighted by atomic mass is 9.95. The third kappa shape index (κ3) is 7.98. The predicted octanol–water partition coefficient (Wildman–Crippen LogP) is 6.13. The second-order valence-corrected chi connectivity index (χ2v) is 13.6. The molecule has 1 fully saturated rings. The van der Waals surface area contributed by atoms with Crippen molar-refractivity contribution in [1.29, 1.82) is 0 Å². The van der Waals surface area contributed by atoms with Gasteiger partial charge in [0.2, 0.25) is 11.8 Å². The lowest BCUT2D eigenvalue weighted by Gasteiger charge is -2.33. The van der Waals surface area contributed by atoms with Crippen molar-refractivity contribution < 1.29 is 18.0 Å². The van der Waals surface area contributed by atoms with Gasteiger partial charge in [-0.3, -0.25) is 13.9 Å². The lowest BCUT2D eigenvalue weighted by molar-refractivity contribution is -0.139. The fraction of sp³-hybridized carbons (Fsp3) is 0.375. The van der Waals surface area contributed by atoms with Gasteiger partial charge in [-0.25, -0.2) is 8.42 Å². The van der Waals surface area contributed by atoms with Gasteiger partial charge in [0.1, 0.15) is 12.6 Å². The smallest absolute Gasteiger partial charge is 0.264 e. The molecule has 0 saturated heterocycles. The van der Waals surface area contributed by atoms with Crippen LogP contribution in [0.2, 0.25) is 0 Å². The number of nitrogens with one attached hydrogen (secondary N) is 1. The summed E-state index contributed by atoms with van der Waals surface area (Å²) in [5, 5.41) is 3.13. The quantitative estimate of drug-likeness (QED) is 0.289. The van der Waals surface area contributed by atoms with Crippen molar-refractivity contribution in [3.63, 3.8) is 0 Å². The molecule has 1 aliphatic rings. The Kier molecular flexibility index (Phi) is 10.3. The Labute approximate surface area is 252 Å². The number of hydrogen-bond acceptors (Lipinski definition) is 4. The van der Waals surface area contributed by atoms with E-state index >= 15 is 0 Å². The number of halogens is 1. The number of aryl methyl sites for hydroxylation is 2. The van der Waals surface area contributed by atoms with Gasteiger partial charge >= 0.3 is 0 Å². The van der Waals surface area contributed by atoms with Gasteiger partial charge in [0.15, 0.2) is 0 Å². The number of amides is 2. The number of anilines is 1. The Morgan fingerprint density at radius 3 is 2.15 bits per heavy atom. The molecule has 3 aromatic carbocycles. The second kappa shape index (κ2) is 13.7. The van der Waals surface area contributed by atoms with E-state index in [2.05, 4.69) is 21.2 Å². The molecule has 0 bridgehead atoms. The molecule has 1 saturated carbocycles. The Morgan fingerprint density at radius 1 is 0.927 bits per heavy atom. The third-order valence-corrected chi connectivity index (χ3v) is 9.85. The van der Waals surface area contributed by atoms with Gasteiger partial charge in [0.25, 0.3) is 10.0 Å². The van der Waals surface area contributed by atoms with Gasteiger partial charge in [-0.2, -0.15) is 0 Å². The second-order valence-electron chi connectivity index (χ2n) is 10.8. The van der Waals surface area contributed by atoms with Crippen LogP contribution >= 0.6 is 15.9 Å². The van der Waals surface area contributed by atoms with Crippen LogP contribution in [-0.4, -0.2) is 43.8 Å². The highest BCUT2D eigenvalue weighted by molar-refractivity contribution is 9.10. The topological polar surface area (TPSA) is 86.8 Å². The van der Waals surface area contributed by atoms with Crippen LogP contribution in [0, 0.1) is 13.8 Å². The SMILES string of the molecule is Cc1ccc(N(CC(=O)N(Cc2cccc(Br)c2)[C@@H](C)C(=O)NC2CCCCC2)S(=O)(=O)c2ccc(C)cc2)cc1. The highest BCUT2D eigenvalue weighted by atomic mass is 79.9. The molecule has 0 aliphatic heterocycles. The van der Waals surface area contributed by atoms with Gasteiger partial charge < -0.3 is 10.2 Å². The molecular weight excluding hydrogens is 602 g/mol. The average molecular weight is 641 g/mol. The van der Waals surface area contributed by atoms with Crippen molar-refractivity contribution in [2.75, 3.05) is 10.8 Å². The Balaban J connectivity index is 1.67. The molecule has 0 spiro atoms. The van der Waals surface area contributed by atoms with Crippen LogP contribution in [0.4, 0.5) is 5.69 Å². The normalized spacial score (nSPS) is 14.7. The molecule has 1 aliphatic carbocycles. The molecule has 1 atom stereocenters. The zero-order chi connectivity index (χ0) is 29.6. The zero-order valence-electron chi connectivity index (χ0n) is 23.8. The molecule has 7 nitrogen and oxygen atoms in total.